The van der Waals surface area contributed by atoms with Crippen molar-refractivity contribution in [1.82, 2.24) is 9.97 Å². The Balaban J connectivity index is 2.07. The highest BCUT2D eigenvalue weighted by Gasteiger charge is 2.08. The average molecular weight is 294 g/mol. The van der Waals surface area contributed by atoms with Crippen LogP contribution in [-0.2, 0) is 0 Å². The minimum absolute atomic E-state index is 0.172. The normalized spacial score (nSPS) is 10.9. The zero-order valence-electron chi connectivity index (χ0n) is 9.95. The third-order valence-corrected chi connectivity index (χ3v) is 3.58. The van der Waals surface area contributed by atoms with E-state index in [9.17, 15) is 4.39 Å². The highest BCUT2D eigenvalue weighted by molar-refractivity contribution is 7.16. The Kier molecular flexibility index (Phi) is 3.08. The number of halogens is 2. The molecule has 3 nitrogen and oxygen atoms in total. The monoisotopic (exact) mass is 293 g/mol. The third kappa shape index (κ3) is 2.52. The predicted molar refractivity (Wildman–Crippen MR) is 76.8 cm³/mol. The van der Waals surface area contributed by atoms with E-state index < -0.39 is 0 Å². The number of aromatic nitrogens is 2. The van der Waals surface area contributed by atoms with Crippen LogP contribution in [-0.4, -0.2) is 9.97 Å². The smallest absolute Gasteiger partial charge is 0.225 e. The molecule has 0 aliphatic heterocycles. The largest absolute Gasteiger partial charge is 0.339 e. The number of fused-ring (bicyclic) bond motifs is 1. The molecule has 0 radical (unpaired) electrons. The van der Waals surface area contributed by atoms with Crippen molar-refractivity contribution in [3.05, 3.63) is 46.3 Å². The summed E-state index contributed by atoms with van der Waals surface area (Å²) in [4.78, 5) is 9.09. The standard InChI is InChI=1S/C13H9ClFN3S/c1-7-4-8(15)6-9(5-7)16-11-10-2-3-19-12(10)18-13(14)17-11/h2-6H,1H3,(H,16,17,18). The Morgan fingerprint density at radius 2 is 2.11 bits per heavy atom. The average Bonchev–Trinajstić information content (AvgIpc) is 2.75. The zero-order valence-corrected chi connectivity index (χ0v) is 11.5. The molecule has 96 valence electrons. The van der Waals surface area contributed by atoms with Crippen LogP contribution in [0.15, 0.2) is 29.6 Å². The molecule has 0 spiro atoms. The van der Waals surface area contributed by atoms with Gasteiger partial charge in [0.15, 0.2) is 0 Å². The fourth-order valence-corrected chi connectivity index (χ4v) is 2.85. The summed E-state index contributed by atoms with van der Waals surface area (Å²) in [5.41, 5.74) is 1.48. The second-order valence-electron chi connectivity index (χ2n) is 4.12. The molecule has 0 saturated carbocycles. The summed E-state index contributed by atoms with van der Waals surface area (Å²) in [6, 6.07) is 6.64. The number of rotatable bonds is 2. The van der Waals surface area contributed by atoms with Gasteiger partial charge in [0.1, 0.15) is 16.5 Å². The van der Waals surface area contributed by atoms with E-state index in [4.69, 9.17) is 11.6 Å². The third-order valence-electron chi connectivity index (χ3n) is 2.60. The van der Waals surface area contributed by atoms with Gasteiger partial charge in [0.25, 0.3) is 0 Å². The Morgan fingerprint density at radius 1 is 1.26 bits per heavy atom. The van der Waals surface area contributed by atoms with Gasteiger partial charge in [0, 0.05) is 5.69 Å². The van der Waals surface area contributed by atoms with Gasteiger partial charge in [-0.3, -0.25) is 0 Å². The van der Waals surface area contributed by atoms with Crippen LogP contribution in [0.1, 0.15) is 5.56 Å². The maximum atomic E-state index is 13.4. The molecule has 0 amide bonds. The number of benzene rings is 1. The molecule has 19 heavy (non-hydrogen) atoms. The van der Waals surface area contributed by atoms with Crippen LogP contribution >= 0.6 is 22.9 Å². The molecule has 2 heterocycles. The van der Waals surface area contributed by atoms with Crippen LogP contribution in [0.4, 0.5) is 15.9 Å². The summed E-state index contributed by atoms with van der Waals surface area (Å²) in [7, 11) is 0. The summed E-state index contributed by atoms with van der Waals surface area (Å²) in [6.45, 7) is 1.83. The number of aryl methyl sites for hydroxylation is 1. The van der Waals surface area contributed by atoms with Crippen molar-refractivity contribution in [3.8, 4) is 0 Å². The van der Waals surface area contributed by atoms with E-state index in [1.165, 1.54) is 23.5 Å². The topological polar surface area (TPSA) is 37.8 Å². The van der Waals surface area contributed by atoms with Gasteiger partial charge < -0.3 is 5.32 Å². The molecule has 0 aliphatic carbocycles. The van der Waals surface area contributed by atoms with Gasteiger partial charge in [0.2, 0.25) is 5.28 Å². The van der Waals surface area contributed by atoms with E-state index in [0.717, 1.165) is 15.8 Å². The Labute approximate surface area is 118 Å². The first-order chi connectivity index (χ1) is 9.11. The second-order valence-corrected chi connectivity index (χ2v) is 5.36. The van der Waals surface area contributed by atoms with Crippen LogP contribution in [0, 0.1) is 12.7 Å². The molecule has 0 fully saturated rings. The van der Waals surface area contributed by atoms with E-state index >= 15 is 0 Å². The Morgan fingerprint density at radius 3 is 2.89 bits per heavy atom. The number of thiophene rings is 1. The maximum absolute atomic E-state index is 13.4. The first kappa shape index (κ1) is 12.3. The van der Waals surface area contributed by atoms with Crippen molar-refractivity contribution >= 4 is 44.7 Å². The highest BCUT2D eigenvalue weighted by Crippen LogP contribution is 2.29. The molecule has 6 heteroatoms. The van der Waals surface area contributed by atoms with Gasteiger partial charge in [-0.2, -0.15) is 4.98 Å². The van der Waals surface area contributed by atoms with Crippen LogP contribution in [0.5, 0.6) is 0 Å². The molecule has 1 aromatic carbocycles. The molecule has 1 N–H and O–H groups in total. The Hall–Kier alpha value is -1.72. The number of hydrogen-bond acceptors (Lipinski definition) is 4. The van der Waals surface area contributed by atoms with E-state index in [1.54, 1.807) is 0 Å². The first-order valence-electron chi connectivity index (χ1n) is 5.57. The van der Waals surface area contributed by atoms with Gasteiger partial charge in [-0.1, -0.05) is 0 Å². The lowest BCUT2D eigenvalue weighted by Gasteiger charge is -2.08. The van der Waals surface area contributed by atoms with Crippen LogP contribution < -0.4 is 5.32 Å². The van der Waals surface area contributed by atoms with Gasteiger partial charge in [-0.15, -0.1) is 11.3 Å². The van der Waals surface area contributed by atoms with Crippen LogP contribution in [0.2, 0.25) is 5.28 Å². The van der Waals surface area contributed by atoms with Crippen molar-refractivity contribution in [2.75, 3.05) is 5.32 Å². The molecule has 0 unspecified atom stereocenters. The second kappa shape index (κ2) is 4.75. The minimum Gasteiger partial charge on any atom is -0.339 e. The quantitative estimate of drug-likeness (QED) is 0.705. The van der Waals surface area contributed by atoms with Gasteiger partial charge in [-0.05, 0) is 53.7 Å². The van der Waals surface area contributed by atoms with Gasteiger partial charge in [0.05, 0.1) is 5.39 Å². The van der Waals surface area contributed by atoms with E-state index in [1.807, 2.05) is 24.4 Å². The molecule has 0 bridgehead atoms. The van der Waals surface area contributed by atoms with Crippen molar-refractivity contribution < 1.29 is 4.39 Å². The lowest BCUT2D eigenvalue weighted by molar-refractivity contribution is 0.627. The van der Waals surface area contributed by atoms with E-state index in [-0.39, 0.29) is 11.1 Å². The first-order valence-corrected chi connectivity index (χ1v) is 6.82. The zero-order chi connectivity index (χ0) is 13.4. The summed E-state index contributed by atoms with van der Waals surface area (Å²) >= 11 is 7.36. The van der Waals surface area contributed by atoms with Gasteiger partial charge >= 0.3 is 0 Å². The summed E-state index contributed by atoms with van der Waals surface area (Å²) in [6.07, 6.45) is 0. The molecular weight excluding hydrogens is 285 g/mol. The van der Waals surface area contributed by atoms with Crippen molar-refractivity contribution in [2.45, 2.75) is 6.92 Å². The number of nitrogens with one attached hydrogen (secondary N) is 1. The van der Waals surface area contributed by atoms with Crippen LogP contribution in [0.3, 0.4) is 0 Å². The molecule has 0 atom stereocenters. The highest BCUT2D eigenvalue weighted by atomic mass is 35.5. The molecule has 0 saturated heterocycles. The van der Waals surface area contributed by atoms with Crippen molar-refractivity contribution in [2.24, 2.45) is 0 Å². The summed E-state index contributed by atoms with van der Waals surface area (Å²) in [5, 5.41) is 6.04. The minimum atomic E-state index is -0.288. The van der Waals surface area contributed by atoms with E-state index in [2.05, 4.69) is 15.3 Å². The van der Waals surface area contributed by atoms with Crippen molar-refractivity contribution in [3.63, 3.8) is 0 Å². The SMILES string of the molecule is Cc1cc(F)cc(Nc2nc(Cl)nc3sccc23)c1. The number of nitrogens with zero attached hydrogens (tertiary/aromatic N) is 2. The number of hydrogen-bond donors (Lipinski definition) is 1. The fourth-order valence-electron chi connectivity index (χ4n) is 1.87. The summed E-state index contributed by atoms with van der Waals surface area (Å²) < 4.78 is 13.4. The van der Waals surface area contributed by atoms with Gasteiger partial charge in [-0.25, -0.2) is 9.37 Å². The lowest BCUT2D eigenvalue weighted by Crippen LogP contribution is -1.97. The predicted octanol–water partition coefficient (Wildman–Crippen LogP) is 4.54. The van der Waals surface area contributed by atoms with E-state index in [0.29, 0.717) is 11.5 Å². The molecule has 3 rings (SSSR count). The molecule has 2 aromatic heterocycles. The fraction of sp³-hybridized carbons (Fsp3) is 0.0769. The Bertz CT molecular complexity index is 736. The molecule has 0 aliphatic rings. The molecular formula is C13H9ClFN3S. The maximum Gasteiger partial charge on any atom is 0.225 e. The lowest BCUT2D eigenvalue weighted by atomic mass is 10.2. The van der Waals surface area contributed by atoms with Crippen LogP contribution in [0.25, 0.3) is 10.2 Å². The summed E-state index contributed by atoms with van der Waals surface area (Å²) in [5.74, 6) is 0.297. The molecule has 3 aromatic rings. The van der Waals surface area contributed by atoms with Crippen molar-refractivity contribution in [1.29, 1.82) is 0 Å². The number of anilines is 2.